The number of nitrogens with zero attached hydrogens (tertiary/aromatic N) is 3. The quantitative estimate of drug-likeness (QED) is 0.150. The Hall–Kier alpha value is -8.73. The Morgan fingerprint density at radius 2 is 1.04 bits per heavy atom. The van der Waals surface area contributed by atoms with Gasteiger partial charge in [0.05, 0.1) is 22.6 Å². The second kappa shape index (κ2) is 16.3. The molecule has 1 atom stereocenters. The summed E-state index contributed by atoms with van der Waals surface area (Å²) in [5.74, 6) is 1.02. The van der Waals surface area contributed by atoms with Crippen molar-refractivity contribution in [1.82, 2.24) is 15.0 Å². The molecule has 4 nitrogen and oxygen atoms in total. The van der Waals surface area contributed by atoms with Gasteiger partial charge in [0.25, 0.3) is 0 Å². The Morgan fingerprint density at radius 1 is 0.426 bits per heavy atom. The van der Waals surface area contributed by atoms with Crippen LogP contribution in [-0.4, -0.2) is 15.0 Å². The third-order valence-electron chi connectivity index (χ3n) is 13.7. The number of rotatable bonds is 7. The van der Waals surface area contributed by atoms with E-state index >= 15 is 0 Å². The smallest absolute Gasteiger partial charge is 0.160 e. The van der Waals surface area contributed by atoms with E-state index < -0.39 is 0 Å². The van der Waals surface area contributed by atoms with Gasteiger partial charge in [0, 0.05) is 49.2 Å². The van der Waals surface area contributed by atoms with E-state index in [9.17, 15) is 0 Å². The number of para-hydroxylation sites is 2. The molecule has 3 heterocycles. The second-order valence-electron chi connectivity index (χ2n) is 17.9. The Labute approximate surface area is 394 Å². The molecule has 1 aliphatic rings. The third kappa shape index (κ3) is 6.72. The number of benzene rings is 9. The molecule has 0 amide bonds. The van der Waals surface area contributed by atoms with Gasteiger partial charge in [-0.15, -0.1) is 0 Å². The lowest BCUT2D eigenvalue weighted by molar-refractivity contribution is 0.669. The first kappa shape index (κ1) is 39.6. The highest BCUT2D eigenvalue weighted by Gasteiger charge is 2.25. The van der Waals surface area contributed by atoms with Crippen molar-refractivity contribution in [2.24, 2.45) is 5.92 Å². The maximum Gasteiger partial charge on any atom is 0.160 e. The number of pyridine rings is 1. The summed E-state index contributed by atoms with van der Waals surface area (Å²) in [4.78, 5) is 15.9. The molecule has 0 fully saturated rings. The SMILES string of the molecule is CC1CC=CC=C1c1nc2ccccc2c2c(-c3cccc(-c4ccc(-c5cc(-c6cccc(-c7ccccc7)c6)nc(-c6ccccc6)n5)c5ccccc45)c3)c3c(cc12)oc1ccccc13. The zero-order valence-electron chi connectivity index (χ0n) is 37.4. The highest BCUT2D eigenvalue weighted by molar-refractivity contribution is 6.27. The number of furan rings is 1. The first-order valence-corrected chi connectivity index (χ1v) is 23.4. The van der Waals surface area contributed by atoms with Gasteiger partial charge in [-0.3, -0.25) is 0 Å². The molecule has 9 aromatic carbocycles. The molecule has 4 heteroatoms. The first-order valence-electron chi connectivity index (χ1n) is 23.4. The van der Waals surface area contributed by atoms with Crippen LogP contribution in [0.15, 0.2) is 229 Å². The van der Waals surface area contributed by atoms with Gasteiger partial charge < -0.3 is 4.42 Å². The number of allylic oxidation sites excluding steroid dienone is 4. The average Bonchev–Trinajstić information content (AvgIpc) is 3.78. The van der Waals surface area contributed by atoms with E-state index in [1.807, 2.05) is 18.2 Å². The van der Waals surface area contributed by atoms with Gasteiger partial charge >= 0.3 is 0 Å². The van der Waals surface area contributed by atoms with Gasteiger partial charge in [0.2, 0.25) is 0 Å². The molecule has 12 aromatic rings. The molecule has 13 rings (SSSR count). The zero-order valence-corrected chi connectivity index (χ0v) is 37.4. The summed E-state index contributed by atoms with van der Waals surface area (Å²) in [5.41, 5.74) is 16.6. The summed E-state index contributed by atoms with van der Waals surface area (Å²) in [7, 11) is 0. The molecular weight excluding hydrogens is 827 g/mol. The van der Waals surface area contributed by atoms with Crippen LogP contribution in [0.25, 0.3) is 127 Å². The summed E-state index contributed by atoms with van der Waals surface area (Å²) >= 11 is 0. The lowest BCUT2D eigenvalue weighted by Crippen LogP contribution is -2.04. The maximum absolute atomic E-state index is 6.76. The van der Waals surface area contributed by atoms with Crippen LogP contribution in [0.3, 0.4) is 0 Å². The van der Waals surface area contributed by atoms with E-state index in [1.54, 1.807) is 0 Å². The van der Waals surface area contributed by atoms with Crippen LogP contribution in [0.5, 0.6) is 0 Å². The third-order valence-corrected chi connectivity index (χ3v) is 13.7. The Kier molecular flexibility index (Phi) is 9.50. The van der Waals surface area contributed by atoms with Crippen molar-refractivity contribution in [3.8, 4) is 67.3 Å². The van der Waals surface area contributed by atoms with Crippen molar-refractivity contribution in [2.45, 2.75) is 13.3 Å². The molecule has 1 aliphatic carbocycles. The number of hydrogen-bond donors (Lipinski definition) is 0. The van der Waals surface area contributed by atoms with Crippen LogP contribution >= 0.6 is 0 Å². The fourth-order valence-corrected chi connectivity index (χ4v) is 10.4. The molecule has 0 N–H and O–H groups in total. The topological polar surface area (TPSA) is 51.8 Å². The number of aromatic nitrogens is 3. The van der Waals surface area contributed by atoms with E-state index in [0.29, 0.717) is 11.7 Å². The molecular formula is C64H43N3O. The summed E-state index contributed by atoms with van der Waals surface area (Å²) in [6.45, 7) is 2.30. The number of fused-ring (bicyclic) bond motifs is 7. The second-order valence-corrected chi connectivity index (χ2v) is 17.9. The molecule has 0 spiro atoms. The van der Waals surface area contributed by atoms with E-state index in [0.717, 1.165) is 117 Å². The molecule has 320 valence electrons. The van der Waals surface area contributed by atoms with Gasteiger partial charge in [-0.1, -0.05) is 195 Å². The highest BCUT2D eigenvalue weighted by atomic mass is 16.3. The molecule has 0 bridgehead atoms. The van der Waals surface area contributed by atoms with Crippen LogP contribution in [0.1, 0.15) is 19.0 Å². The summed E-state index contributed by atoms with van der Waals surface area (Å²) < 4.78 is 6.76. The standard InChI is InChI=1S/C64H43N3O/c1-40-18-8-9-27-47(40)63-54-38-59-62(53-31-13-15-33-58(53)68-59)60(61(54)52-30-12-14-32-55(52)65-63)46-26-17-24-44(37-46)48-34-35-51(50-29-11-10-28-49(48)50)57-39-56(66-64(67-57)42-21-6-3-7-22-42)45-25-16-23-43(36-45)41-19-4-2-5-20-41/h2-17,19-40H,18H2,1H3. The van der Waals surface area contributed by atoms with E-state index in [4.69, 9.17) is 19.4 Å². The van der Waals surface area contributed by atoms with Crippen LogP contribution in [-0.2, 0) is 0 Å². The molecule has 0 aliphatic heterocycles. The van der Waals surface area contributed by atoms with E-state index in [-0.39, 0.29) is 0 Å². The van der Waals surface area contributed by atoms with Crippen molar-refractivity contribution in [3.05, 3.63) is 230 Å². The molecule has 1 unspecified atom stereocenters. The normalized spacial score (nSPS) is 13.8. The minimum Gasteiger partial charge on any atom is -0.456 e. The lowest BCUT2D eigenvalue weighted by atomic mass is 9.85. The Balaban J connectivity index is 1.01. The maximum atomic E-state index is 6.76. The predicted octanol–water partition coefficient (Wildman–Crippen LogP) is 17.2. The molecule has 0 saturated heterocycles. The van der Waals surface area contributed by atoms with Gasteiger partial charge in [0.1, 0.15) is 11.2 Å². The van der Waals surface area contributed by atoms with Gasteiger partial charge in [-0.25, -0.2) is 15.0 Å². The summed E-state index contributed by atoms with van der Waals surface area (Å²) in [6.07, 6.45) is 7.65. The van der Waals surface area contributed by atoms with Crippen LogP contribution in [0.4, 0.5) is 0 Å². The fourth-order valence-electron chi connectivity index (χ4n) is 10.4. The minimum atomic E-state index is 0.330. The van der Waals surface area contributed by atoms with Crippen molar-refractivity contribution in [3.63, 3.8) is 0 Å². The molecule has 3 aromatic heterocycles. The van der Waals surface area contributed by atoms with Crippen LogP contribution in [0, 0.1) is 5.92 Å². The Bertz CT molecular complexity index is 4010. The van der Waals surface area contributed by atoms with Gasteiger partial charge in [-0.05, 0) is 92.9 Å². The molecule has 0 radical (unpaired) electrons. The van der Waals surface area contributed by atoms with Crippen molar-refractivity contribution in [2.75, 3.05) is 0 Å². The number of hydrogen-bond acceptors (Lipinski definition) is 4. The van der Waals surface area contributed by atoms with Gasteiger partial charge in [-0.2, -0.15) is 0 Å². The highest BCUT2D eigenvalue weighted by Crippen LogP contribution is 2.48. The zero-order chi connectivity index (χ0) is 45.1. The summed E-state index contributed by atoms with van der Waals surface area (Å²) in [5, 5.41) is 7.89. The Morgan fingerprint density at radius 3 is 1.85 bits per heavy atom. The van der Waals surface area contributed by atoms with Crippen molar-refractivity contribution < 1.29 is 4.42 Å². The van der Waals surface area contributed by atoms with E-state index in [2.05, 4.69) is 213 Å². The molecule has 0 saturated carbocycles. The van der Waals surface area contributed by atoms with Crippen molar-refractivity contribution in [1.29, 1.82) is 0 Å². The average molecular weight is 870 g/mol. The van der Waals surface area contributed by atoms with E-state index in [1.165, 1.54) is 16.5 Å². The largest absolute Gasteiger partial charge is 0.456 e. The van der Waals surface area contributed by atoms with Crippen molar-refractivity contribution >= 4 is 60.0 Å². The molecule has 68 heavy (non-hydrogen) atoms. The summed E-state index contributed by atoms with van der Waals surface area (Å²) in [6, 6.07) is 73.2. The van der Waals surface area contributed by atoms with Gasteiger partial charge in [0.15, 0.2) is 5.82 Å². The lowest BCUT2D eigenvalue weighted by Gasteiger charge is -2.21. The monoisotopic (exact) mass is 869 g/mol. The minimum absolute atomic E-state index is 0.330. The first-order chi connectivity index (χ1) is 33.6. The fraction of sp³-hybridized carbons (Fsp3) is 0.0469. The predicted molar refractivity (Wildman–Crippen MR) is 283 cm³/mol. The van der Waals surface area contributed by atoms with Crippen LogP contribution in [0.2, 0.25) is 0 Å². The van der Waals surface area contributed by atoms with Crippen LogP contribution < -0.4 is 0 Å².